The van der Waals surface area contributed by atoms with Gasteiger partial charge in [-0.2, -0.15) is 5.10 Å². The van der Waals surface area contributed by atoms with Crippen molar-refractivity contribution in [3.8, 4) is 11.3 Å². The number of fused-ring (bicyclic) bond motifs is 1. The normalized spacial score (nSPS) is 11.9. The largest absolute Gasteiger partial charge is 0.460 e. The number of pyridine rings is 1. The lowest BCUT2D eigenvalue weighted by Gasteiger charge is -2.37. The number of aromatic nitrogens is 3. The van der Waals surface area contributed by atoms with Crippen molar-refractivity contribution in [2.75, 3.05) is 0 Å². The SMILES string of the molecule is CC(C)(C)OC(=O)Cc1cc2c(cn1)c(-c1ccc(F)cc1)nn2C(c1ccccc1)(c1ccccc1)c1ccccc1. The fourth-order valence-corrected chi connectivity index (χ4v) is 5.66. The molecule has 0 bridgehead atoms. The van der Waals surface area contributed by atoms with Gasteiger partial charge < -0.3 is 4.74 Å². The highest BCUT2D eigenvalue weighted by atomic mass is 19.1. The van der Waals surface area contributed by atoms with Crippen LogP contribution >= 0.6 is 0 Å². The Labute approximate surface area is 250 Å². The van der Waals surface area contributed by atoms with Crippen molar-refractivity contribution in [1.29, 1.82) is 0 Å². The van der Waals surface area contributed by atoms with Crippen LogP contribution in [0.1, 0.15) is 43.2 Å². The van der Waals surface area contributed by atoms with Crippen molar-refractivity contribution in [2.45, 2.75) is 38.3 Å². The molecule has 0 aliphatic rings. The molecule has 0 fully saturated rings. The average Bonchev–Trinajstić information content (AvgIpc) is 3.38. The van der Waals surface area contributed by atoms with E-state index in [1.165, 1.54) is 12.1 Å². The number of carbonyl (C=O) groups is 1. The summed E-state index contributed by atoms with van der Waals surface area (Å²) in [6, 6.07) is 39.0. The van der Waals surface area contributed by atoms with Crippen LogP contribution in [0.2, 0.25) is 0 Å². The van der Waals surface area contributed by atoms with Crippen LogP contribution in [0.5, 0.6) is 0 Å². The number of nitrogens with zero attached hydrogens (tertiary/aromatic N) is 3. The fraction of sp³-hybridized carbons (Fsp3) is 0.162. The van der Waals surface area contributed by atoms with Gasteiger partial charge in [-0.3, -0.25) is 9.78 Å². The fourth-order valence-electron chi connectivity index (χ4n) is 5.66. The summed E-state index contributed by atoms with van der Waals surface area (Å²) in [6.07, 6.45) is 1.77. The first kappa shape index (κ1) is 28.0. The Hall–Kier alpha value is -5.10. The second kappa shape index (κ2) is 11.3. The third-order valence-electron chi connectivity index (χ3n) is 7.38. The van der Waals surface area contributed by atoms with Crippen LogP contribution in [-0.2, 0) is 21.5 Å². The molecule has 5 nitrogen and oxygen atoms in total. The van der Waals surface area contributed by atoms with Gasteiger partial charge in [-0.1, -0.05) is 91.0 Å². The van der Waals surface area contributed by atoms with Crippen LogP contribution in [0, 0.1) is 5.82 Å². The topological polar surface area (TPSA) is 57.0 Å². The minimum absolute atomic E-state index is 0.0132. The van der Waals surface area contributed by atoms with Gasteiger partial charge in [0, 0.05) is 17.1 Å². The first-order valence-corrected chi connectivity index (χ1v) is 14.3. The zero-order valence-corrected chi connectivity index (χ0v) is 24.4. The van der Waals surface area contributed by atoms with Gasteiger partial charge in [0.2, 0.25) is 0 Å². The number of rotatable bonds is 7. The third kappa shape index (κ3) is 5.44. The minimum Gasteiger partial charge on any atom is -0.460 e. The lowest BCUT2D eigenvalue weighted by atomic mass is 9.77. The minimum atomic E-state index is -0.898. The van der Waals surface area contributed by atoms with E-state index < -0.39 is 11.1 Å². The van der Waals surface area contributed by atoms with Crippen molar-refractivity contribution in [1.82, 2.24) is 14.8 Å². The van der Waals surface area contributed by atoms with E-state index in [1.54, 1.807) is 18.3 Å². The molecule has 4 aromatic carbocycles. The van der Waals surface area contributed by atoms with Gasteiger partial charge in [0.25, 0.3) is 0 Å². The van der Waals surface area contributed by atoms with Crippen LogP contribution in [0.3, 0.4) is 0 Å². The van der Waals surface area contributed by atoms with Crippen molar-refractivity contribution in [3.63, 3.8) is 0 Å². The lowest BCUT2D eigenvalue weighted by molar-refractivity contribution is -0.153. The van der Waals surface area contributed by atoms with Crippen LogP contribution in [-0.4, -0.2) is 26.3 Å². The second-order valence-corrected chi connectivity index (χ2v) is 11.5. The molecule has 0 N–H and O–H groups in total. The number of esters is 1. The molecule has 43 heavy (non-hydrogen) atoms. The first-order chi connectivity index (χ1) is 20.8. The van der Waals surface area contributed by atoms with Crippen LogP contribution < -0.4 is 0 Å². The predicted octanol–water partition coefficient (Wildman–Crippen LogP) is 7.96. The number of benzene rings is 4. The summed E-state index contributed by atoms with van der Waals surface area (Å²) in [4.78, 5) is 17.5. The smallest absolute Gasteiger partial charge is 0.312 e. The van der Waals surface area contributed by atoms with Gasteiger partial charge in [0.05, 0.1) is 17.6 Å². The molecule has 6 heteroatoms. The molecule has 214 valence electrons. The highest BCUT2D eigenvalue weighted by Crippen LogP contribution is 2.44. The summed E-state index contributed by atoms with van der Waals surface area (Å²) < 4.78 is 21.6. The Morgan fingerprint density at radius 2 is 1.28 bits per heavy atom. The molecule has 0 radical (unpaired) electrons. The molecular weight excluding hydrogens is 537 g/mol. The highest BCUT2D eigenvalue weighted by Gasteiger charge is 2.41. The van der Waals surface area contributed by atoms with E-state index in [-0.39, 0.29) is 18.2 Å². The molecule has 6 rings (SSSR count). The molecule has 2 heterocycles. The van der Waals surface area contributed by atoms with Gasteiger partial charge in [0.1, 0.15) is 22.7 Å². The Balaban J connectivity index is 1.69. The summed E-state index contributed by atoms with van der Waals surface area (Å²) in [5.41, 5.74) is 4.29. The van der Waals surface area contributed by atoms with Crippen molar-refractivity contribution >= 4 is 16.9 Å². The summed E-state index contributed by atoms with van der Waals surface area (Å²) in [6.45, 7) is 5.54. The van der Waals surface area contributed by atoms with E-state index in [1.807, 2.05) is 86.1 Å². The second-order valence-electron chi connectivity index (χ2n) is 11.5. The molecular formula is C37H32FN3O2. The maximum absolute atomic E-state index is 14.0. The van der Waals surface area contributed by atoms with Crippen LogP contribution in [0.15, 0.2) is 128 Å². The van der Waals surface area contributed by atoms with Gasteiger partial charge in [-0.05, 0) is 67.8 Å². The lowest BCUT2D eigenvalue weighted by Crippen LogP contribution is -2.38. The number of carbonyl (C=O) groups excluding carboxylic acids is 1. The number of ether oxygens (including phenoxy) is 1. The van der Waals surface area contributed by atoms with E-state index >= 15 is 0 Å². The van der Waals surface area contributed by atoms with E-state index in [2.05, 4.69) is 41.4 Å². The third-order valence-corrected chi connectivity index (χ3v) is 7.38. The summed E-state index contributed by atoms with van der Waals surface area (Å²) in [5, 5.41) is 6.09. The molecule has 0 aliphatic carbocycles. The van der Waals surface area contributed by atoms with Gasteiger partial charge in [-0.25, -0.2) is 9.07 Å². The predicted molar refractivity (Wildman–Crippen MR) is 167 cm³/mol. The standard InChI is InChI=1S/C37H32FN3O2/c1-36(2,3)43-34(42)24-31-23-33-32(25-39-31)35(26-19-21-30(38)22-20-26)40-41(33)37(27-13-7-4-8-14-27,28-15-9-5-10-16-28)29-17-11-6-12-18-29/h4-23,25H,24H2,1-3H3. The quantitative estimate of drug-likeness (QED) is 0.145. The van der Waals surface area contributed by atoms with E-state index in [0.717, 1.165) is 33.2 Å². The van der Waals surface area contributed by atoms with Crippen LogP contribution in [0.4, 0.5) is 4.39 Å². The maximum atomic E-state index is 14.0. The molecule has 0 atom stereocenters. The van der Waals surface area contributed by atoms with Crippen molar-refractivity contribution in [3.05, 3.63) is 156 Å². The summed E-state index contributed by atoms with van der Waals surface area (Å²) in [7, 11) is 0. The Bertz CT molecular complexity index is 1760. The zero-order valence-electron chi connectivity index (χ0n) is 24.4. The number of halogens is 1. The molecule has 0 amide bonds. The van der Waals surface area contributed by atoms with E-state index in [4.69, 9.17) is 9.84 Å². The molecule has 6 aromatic rings. The number of hydrogen-bond acceptors (Lipinski definition) is 4. The molecule has 0 saturated carbocycles. The molecule has 0 unspecified atom stereocenters. The Kier molecular flexibility index (Phi) is 7.36. The van der Waals surface area contributed by atoms with E-state index in [9.17, 15) is 9.18 Å². The Morgan fingerprint density at radius 1 is 0.767 bits per heavy atom. The van der Waals surface area contributed by atoms with Gasteiger partial charge >= 0.3 is 5.97 Å². The zero-order chi connectivity index (χ0) is 30.0. The molecule has 0 aliphatic heterocycles. The van der Waals surface area contributed by atoms with Gasteiger partial charge in [-0.15, -0.1) is 0 Å². The van der Waals surface area contributed by atoms with E-state index in [0.29, 0.717) is 11.4 Å². The monoisotopic (exact) mass is 569 g/mol. The molecule has 2 aromatic heterocycles. The molecule has 0 saturated heterocycles. The van der Waals surface area contributed by atoms with Crippen LogP contribution in [0.25, 0.3) is 22.2 Å². The maximum Gasteiger partial charge on any atom is 0.312 e. The van der Waals surface area contributed by atoms with Crippen molar-refractivity contribution < 1.29 is 13.9 Å². The Morgan fingerprint density at radius 3 is 1.77 bits per heavy atom. The van der Waals surface area contributed by atoms with Gasteiger partial charge in [0.15, 0.2) is 0 Å². The van der Waals surface area contributed by atoms with Crippen molar-refractivity contribution in [2.24, 2.45) is 0 Å². The average molecular weight is 570 g/mol. The molecule has 0 spiro atoms. The first-order valence-electron chi connectivity index (χ1n) is 14.3. The number of hydrogen-bond donors (Lipinski definition) is 0. The summed E-state index contributed by atoms with van der Waals surface area (Å²) >= 11 is 0. The highest BCUT2D eigenvalue weighted by molar-refractivity contribution is 5.94. The summed E-state index contributed by atoms with van der Waals surface area (Å²) in [5.74, 6) is -0.679.